The summed E-state index contributed by atoms with van der Waals surface area (Å²) in [7, 11) is 0. The quantitative estimate of drug-likeness (QED) is 0.801. The summed E-state index contributed by atoms with van der Waals surface area (Å²) in [4.78, 5) is 32.3. The van der Waals surface area contributed by atoms with Gasteiger partial charge in [0.1, 0.15) is 5.82 Å². The van der Waals surface area contributed by atoms with E-state index in [2.05, 4.69) is 29.1 Å². The van der Waals surface area contributed by atoms with Crippen LogP contribution in [0.3, 0.4) is 0 Å². The summed E-state index contributed by atoms with van der Waals surface area (Å²) in [6, 6.07) is 5.72. The van der Waals surface area contributed by atoms with Gasteiger partial charge < -0.3 is 10.3 Å². The van der Waals surface area contributed by atoms with Gasteiger partial charge in [-0.3, -0.25) is 14.5 Å². The first-order valence-corrected chi connectivity index (χ1v) is 9.74. The number of hydrogen-bond donors (Lipinski definition) is 2. The van der Waals surface area contributed by atoms with Crippen molar-refractivity contribution in [2.24, 2.45) is 0 Å². The largest absolute Gasteiger partial charge is 0.329 e. The fourth-order valence-corrected chi connectivity index (χ4v) is 3.48. The van der Waals surface area contributed by atoms with E-state index in [-0.39, 0.29) is 31.0 Å². The first-order valence-electron chi connectivity index (χ1n) is 9.74. The van der Waals surface area contributed by atoms with Gasteiger partial charge in [-0.05, 0) is 30.0 Å². The molecule has 1 aliphatic rings. The average Bonchev–Trinajstić information content (AvgIpc) is 2.68. The molecule has 0 spiro atoms. The van der Waals surface area contributed by atoms with Crippen molar-refractivity contribution in [3.8, 4) is 0 Å². The van der Waals surface area contributed by atoms with Crippen molar-refractivity contribution < 1.29 is 13.6 Å². The lowest BCUT2D eigenvalue weighted by Gasteiger charge is -2.40. The number of halogens is 2. The van der Waals surface area contributed by atoms with Crippen LogP contribution in [0.4, 0.5) is 14.6 Å². The van der Waals surface area contributed by atoms with E-state index in [4.69, 9.17) is 0 Å². The van der Waals surface area contributed by atoms with E-state index in [9.17, 15) is 18.4 Å². The zero-order valence-electron chi connectivity index (χ0n) is 16.8. The Balaban J connectivity index is 1.69. The average molecular weight is 404 g/mol. The number of pyridine rings is 2. The number of hydrogen-bond acceptors (Lipinski definition) is 4. The number of alkyl halides is 2. The molecule has 29 heavy (non-hydrogen) atoms. The van der Waals surface area contributed by atoms with Crippen LogP contribution >= 0.6 is 0 Å². The lowest BCUT2D eigenvalue weighted by atomic mass is 9.87. The Morgan fingerprint density at radius 3 is 2.62 bits per heavy atom. The van der Waals surface area contributed by atoms with Gasteiger partial charge >= 0.3 is 0 Å². The van der Waals surface area contributed by atoms with Crippen molar-refractivity contribution in [1.29, 1.82) is 0 Å². The highest BCUT2D eigenvalue weighted by Gasteiger charge is 2.46. The maximum Gasteiger partial charge on any atom is 0.257 e. The Morgan fingerprint density at radius 2 is 2.03 bits per heavy atom. The molecule has 156 valence electrons. The molecule has 0 saturated carbocycles. The van der Waals surface area contributed by atoms with Gasteiger partial charge in [0.25, 0.3) is 5.92 Å². The van der Waals surface area contributed by atoms with Crippen molar-refractivity contribution in [3.05, 3.63) is 58.1 Å². The molecule has 1 aliphatic heterocycles. The molecular weight excluding hydrogens is 378 g/mol. The van der Waals surface area contributed by atoms with Crippen LogP contribution in [0.25, 0.3) is 0 Å². The number of carbonyl (C=O) groups is 1. The second-order valence-corrected chi connectivity index (χ2v) is 7.84. The summed E-state index contributed by atoms with van der Waals surface area (Å²) in [5, 5.41) is 2.76. The highest BCUT2D eigenvalue weighted by Crippen LogP contribution is 2.40. The molecule has 2 N–H and O–H groups in total. The number of H-pyrrole nitrogens is 1. The van der Waals surface area contributed by atoms with Crippen LogP contribution in [0.1, 0.15) is 50.2 Å². The van der Waals surface area contributed by atoms with Crippen molar-refractivity contribution in [1.82, 2.24) is 14.9 Å². The SMILES string of the molecule is CC(C)c1ccc(NC(=O)C(C)N2CCC(F)(F)C(c3ccc(=O)[nH]c3)C2)nc1. The third-order valence-electron chi connectivity index (χ3n) is 5.50. The molecule has 0 aromatic carbocycles. The van der Waals surface area contributed by atoms with Gasteiger partial charge in [0.2, 0.25) is 11.5 Å². The van der Waals surface area contributed by atoms with E-state index < -0.39 is 17.9 Å². The van der Waals surface area contributed by atoms with Gasteiger partial charge in [-0.25, -0.2) is 13.8 Å². The molecule has 2 aromatic heterocycles. The minimum Gasteiger partial charge on any atom is -0.329 e. The number of piperidine rings is 1. The maximum absolute atomic E-state index is 14.5. The number of aromatic nitrogens is 2. The summed E-state index contributed by atoms with van der Waals surface area (Å²) >= 11 is 0. The van der Waals surface area contributed by atoms with Crippen LogP contribution in [-0.4, -0.2) is 45.8 Å². The van der Waals surface area contributed by atoms with Crippen molar-refractivity contribution >= 4 is 11.7 Å². The van der Waals surface area contributed by atoms with Gasteiger partial charge in [0.05, 0.1) is 12.0 Å². The van der Waals surface area contributed by atoms with E-state index in [0.717, 1.165) is 5.56 Å². The molecule has 1 fully saturated rings. The van der Waals surface area contributed by atoms with Gasteiger partial charge in [-0.2, -0.15) is 0 Å². The Hall–Kier alpha value is -2.61. The fraction of sp³-hybridized carbons (Fsp3) is 0.476. The Bertz CT molecular complexity index is 891. The van der Waals surface area contributed by atoms with E-state index in [1.807, 2.05) is 6.07 Å². The van der Waals surface area contributed by atoms with Crippen LogP contribution in [0.2, 0.25) is 0 Å². The third kappa shape index (κ3) is 4.87. The van der Waals surface area contributed by atoms with Crippen LogP contribution in [0, 0.1) is 0 Å². The summed E-state index contributed by atoms with van der Waals surface area (Å²) < 4.78 is 29.0. The summed E-state index contributed by atoms with van der Waals surface area (Å²) in [5.74, 6) is -3.51. The zero-order valence-corrected chi connectivity index (χ0v) is 16.8. The fourth-order valence-electron chi connectivity index (χ4n) is 3.48. The smallest absolute Gasteiger partial charge is 0.257 e. The number of anilines is 1. The van der Waals surface area contributed by atoms with Gasteiger partial charge in [0, 0.05) is 38.0 Å². The monoisotopic (exact) mass is 404 g/mol. The topological polar surface area (TPSA) is 78.1 Å². The molecule has 2 aromatic rings. The van der Waals surface area contributed by atoms with E-state index >= 15 is 0 Å². The maximum atomic E-state index is 14.5. The normalized spacial score (nSPS) is 20.4. The molecule has 3 rings (SSSR count). The number of nitrogens with zero attached hydrogens (tertiary/aromatic N) is 2. The Kier molecular flexibility index (Phi) is 6.12. The minimum atomic E-state index is -2.90. The standard InChI is InChI=1S/C21H26F2N4O2/c1-13(2)15-4-6-18(24-10-15)26-20(29)14(3)27-9-8-21(22,23)17(12-27)16-5-7-19(28)25-11-16/h4-7,10-11,13-14,17H,8-9,12H2,1-3H3,(H,25,28)(H,24,26,29). The molecule has 6 nitrogen and oxygen atoms in total. The van der Waals surface area contributed by atoms with Crippen LogP contribution in [0.15, 0.2) is 41.5 Å². The van der Waals surface area contributed by atoms with Gasteiger partial charge in [-0.1, -0.05) is 26.0 Å². The molecular formula is C21H26F2N4O2. The van der Waals surface area contributed by atoms with Gasteiger partial charge in [0.15, 0.2) is 0 Å². The predicted molar refractivity (Wildman–Crippen MR) is 107 cm³/mol. The molecule has 8 heteroatoms. The molecule has 1 saturated heterocycles. The molecule has 2 unspecified atom stereocenters. The number of rotatable bonds is 5. The summed E-state index contributed by atoms with van der Waals surface area (Å²) in [6.07, 6.45) is 2.70. The Labute approximate surface area is 168 Å². The number of nitrogens with one attached hydrogen (secondary N) is 2. The van der Waals surface area contributed by atoms with Crippen LogP contribution in [-0.2, 0) is 4.79 Å². The van der Waals surface area contributed by atoms with Gasteiger partial charge in [-0.15, -0.1) is 0 Å². The molecule has 3 heterocycles. The highest BCUT2D eigenvalue weighted by atomic mass is 19.3. The second kappa shape index (κ2) is 8.41. The van der Waals surface area contributed by atoms with E-state index in [0.29, 0.717) is 17.3 Å². The molecule has 2 atom stereocenters. The number of carbonyl (C=O) groups excluding carboxylic acids is 1. The molecule has 0 radical (unpaired) electrons. The van der Waals surface area contributed by atoms with Crippen molar-refractivity contribution in [2.75, 3.05) is 18.4 Å². The number of amides is 1. The minimum absolute atomic E-state index is 0.0212. The first-order chi connectivity index (χ1) is 13.7. The second-order valence-electron chi connectivity index (χ2n) is 7.84. The van der Waals surface area contributed by atoms with Crippen molar-refractivity contribution in [3.63, 3.8) is 0 Å². The highest BCUT2D eigenvalue weighted by molar-refractivity contribution is 5.93. The van der Waals surface area contributed by atoms with E-state index in [1.54, 1.807) is 24.1 Å². The third-order valence-corrected chi connectivity index (χ3v) is 5.50. The lowest BCUT2D eigenvalue weighted by molar-refractivity contribution is -0.125. The predicted octanol–water partition coefficient (Wildman–Crippen LogP) is 3.35. The summed E-state index contributed by atoms with van der Waals surface area (Å²) in [6.45, 7) is 5.95. The van der Waals surface area contributed by atoms with Crippen molar-refractivity contribution in [2.45, 2.75) is 51.0 Å². The number of aromatic amines is 1. The first kappa shape index (κ1) is 21.1. The van der Waals surface area contributed by atoms with Crippen LogP contribution < -0.4 is 10.9 Å². The molecule has 0 bridgehead atoms. The van der Waals surface area contributed by atoms with Crippen LogP contribution in [0.5, 0.6) is 0 Å². The lowest BCUT2D eigenvalue weighted by Crippen LogP contribution is -2.52. The van der Waals surface area contributed by atoms with E-state index in [1.165, 1.54) is 18.3 Å². The molecule has 0 aliphatic carbocycles. The number of likely N-dealkylation sites (tertiary alicyclic amines) is 1. The Morgan fingerprint density at radius 1 is 1.28 bits per heavy atom. The summed E-state index contributed by atoms with van der Waals surface area (Å²) in [5.41, 5.74) is 1.09. The molecule has 1 amide bonds. The zero-order chi connectivity index (χ0) is 21.2.